The van der Waals surface area contributed by atoms with Gasteiger partial charge in [0.2, 0.25) is 0 Å². The lowest BCUT2D eigenvalue weighted by Crippen LogP contribution is -2.25. The van der Waals surface area contributed by atoms with Crippen LogP contribution in [0.1, 0.15) is 13.3 Å². The van der Waals surface area contributed by atoms with Gasteiger partial charge in [0.1, 0.15) is 5.78 Å². The lowest BCUT2D eigenvalue weighted by molar-refractivity contribution is -0.118. The lowest BCUT2D eigenvalue weighted by Gasteiger charge is -2.18. The summed E-state index contributed by atoms with van der Waals surface area (Å²) >= 11 is 9.31. The van der Waals surface area contributed by atoms with Crippen molar-refractivity contribution in [1.29, 1.82) is 0 Å². The molecule has 0 aromatic heterocycles. The Hall–Kier alpha value is 1.07. The molecule has 0 saturated carbocycles. The summed E-state index contributed by atoms with van der Waals surface area (Å²) in [5, 5.41) is 9.19. The largest absolute Gasteiger partial charge is 0.389 e. The van der Waals surface area contributed by atoms with Crippen molar-refractivity contribution in [2.75, 3.05) is 0 Å². The number of carbonyl (C=O) groups excluding carboxylic acids is 1. The van der Waals surface area contributed by atoms with E-state index in [-0.39, 0.29) is 12.2 Å². The first-order valence-corrected chi connectivity index (χ1v) is 4.96. The van der Waals surface area contributed by atoms with E-state index < -0.39 is 8.25 Å². The Morgan fingerprint density at radius 3 is 2.10 bits per heavy atom. The molecule has 1 atom stereocenters. The van der Waals surface area contributed by atoms with Crippen LogP contribution in [0.2, 0.25) is 0 Å². The van der Waals surface area contributed by atoms with E-state index in [4.69, 9.17) is 0 Å². The van der Waals surface area contributed by atoms with Crippen molar-refractivity contribution < 1.29 is 9.90 Å². The number of hydrogen-bond donors (Lipinski definition) is 1. The molecular formula is C5H7Br3O2. The summed E-state index contributed by atoms with van der Waals surface area (Å²) < 4.78 is -0.737. The summed E-state index contributed by atoms with van der Waals surface area (Å²) in [4.78, 5) is 10.5. The van der Waals surface area contributed by atoms with Crippen molar-refractivity contribution in [3.8, 4) is 0 Å². The maximum Gasteiger partial charge on any atom is 0.161 e. The van der Waals surface area contributed by atoms with Crippen LogP contribution in [0.4, 0.5) is 0 Å². The maximum absolute atomic E-state index is 10.5. The molecule has 0 bridgehead atoms. The average molecular weight is 339 g/mol. The fraction of sp³-hybridized carbons (Fsp3) is 0.800. The number of ketones is 1. The van der Waals surface area contributed by atoms with Gasteiger partial charge in [0.15, 0.2) is 2.14 Å². The number of rotatable bonds is 2. The monoisotopic (exact) mass is 336 g/mol. The van der Waals surface area contributed by atoms with Gasteiger partial charge in [0.05, 0.1) is 6.10 Å². The summed E-state index contributed by atoms with van der Waals surface area (Å²) in [7, 11) is 0. The Balaban J connectivity index is 3.85. The first-order valence-electron chi connectivity index (χ1n) is 2.58. The minimum atomic E-state index is -0.759. The third-order valence-electron chi connectivity index (χ3n) is 0.859. The Bertz CT molecular complexity index is 129. The molecular weight excluding hydrogens is 332 g/mol. The number of hydrogen-bond acceptors (Lipinski definition) is 2. The summed E-state index contributed by atoms with van der Waals surface area (Å²) in [6.07, 6.45) is -0.633. The van der Waals surface area contributed by atoms with Gasteiger partial charge < -0.3 is 5.11 Å². The van der Waals surface area contributed by atoms with Crippen LogP contribution in [0.25, 0.3) is 0 Å². The van der Waals surface area contributed by atoms with Crippen LogP contribution < -0.4 is 0 Å². The molecule has 10 heavy (non-hydrogen) atoms. The molecule has 0 aliphatic heterocycles. The first kappa shape index (κ1) is 11.1. The molecule has 0 rings (SSSR count). The van der Waals surface area contributed by atoms with Gasteiger partial charge in [-0.3, -0.25) is 4.79 Å². The predicted octanol–water partition coefficient (Wildman–Crippen LogP) is 2.16. The van der Waals surface area contributed by atoms with Gasteiger partial charge in [0, 0.05) is 6.42 Å². The van der Waals surface area contributed by atoms with Crippen molar-refractivity contribution >= 4 is 53.6 Å². The summed E-state index contributed by atoms with van der Waals surface area (Å²) in [5.74, 6) is -0.0461. The fourth-order valence-corrected chi connectivity index (χ4v) is 0.874. The Kier molecular flexibility index (Phi) is 4.63. The quantitative estimate of drug-likeness (QED) is 0.783. The van der Waals surface area contributed by atoms with Gasteiger partial charge in [-0.2, -0.15) is 0 Å². The van der Waals surface area contributed by atoms with E-state index in [1.54, 1.807) is 0 Å². The molecule has 5 heteroatoms. The van der Waals surface area contributed by atoms with Gasteiger partial charge in [-0.15, -0.1) is 0 Å². The van der Waals surface area contributed by atoms with Gasteiger partial charge >= 0.3 is 0 Å². The van der Waals surface area contributed by atoms with Crippen molar-refractivity contribution in [2.45, 2.75) is 21.6 Å². The zero-order valence-corrected chi connectivity index (χ0v) is 10.0. The summed E-state index contributed by atoms with van der Waals surface area (Å²) in [5.41, 5.74) is 0. The lowest BCUT2D eigenvalue weighted by atomic mass is 10.2. The van der Waals surface area contributed by atoms with Crippen LogP contribution in [0.15, 0.2) is 0 Å². The van der Waals surface area contributed by atoms with Gasteiger partial charge in [-0.05, 0) is 6.92 Å². The molecule has 0 aromatic rings. The molecule has 0 radical (unpaired) electrons. The van der Waals surface area contributed by atoms with E-state index in [2.05, 4.69) is 47.8 Å². The number of alkyl halides is 3. The Labute approximate surface area is 84.8 Å². The molecule has 0 aliphatic carbocycles. The first-order chi connectivity index (χ1) is 4.34. The highest BCUT2D eigenvalue weighted by atomic mass is 80.0. The number of Topliss-reactive ketones (excluding diaryl/α,β-unsaturated/α-hetero) is 1. The molecule has 0 aliphatic rings. The minimum absolute atomic E-state index is 0.0461. The number of halogens is 3. The van der Waals surface area contributed by atoms with E-state index >= 15 is 0 Å². The van der Waals surface area contributed by atoms with Crippen molar-refractivity contribution in [1.82, 2.24) is 0 Å². The SMILES string of the molecule is CC(=O)CC(O)C(Br)(Br)Br. The van der Waals surface area contributed by atoms with E-state index in [1.807, 2.05) is 0 Å². The molecule has 1 unspecified atom stereocenters. The number of aliphatic hydroxyl groups is 1. The molecule has 1 N–H and O–H groups in total. The molecule has 60 valence electrons. The summed E-state index contributed by atoms with van der Waals surface area (Å²) in [6.45, 7) is 1.43. The second-order valence-electron chi connectivity index (χ2n) is 1.96. The van der Waals surface area contributed by atoms with E-state index in [0.29, 0.717) is 0 Å². The van der Waals surface area contributed by atoms with Gasteiger partial charge in [-0.1, -0.05) is 47.8 Å². The fourth-order valence-electron chi connectivity index (χ4n) is 0.388. The zero-order valence-electron chi connectivity index (χ0n) is 5.27. The maximum atomic E-state index is 10.5. The van der Waals surface area contributed by atoms with Crippen LogP contribution in [-0.4, -0.2) is 19.1 Å². The van der Waals surface area contributed by atoms with Crippen LogP contribution in [-0.2, 0) is 4.79 Å². The highest BCUT2D eigenvalue weighted by Crippen LogP contribution is 2.38. The van der Waals surface area contributed by atoms with Crippen LogP contribution in [0, 0.1) is 0 Å². The van der Waals surface area contributed by atoms with E-state index in [9.17, 15) is 9.90 Å². The minimum Gasteiger partial charge on any atom is -0.389 e. The molecule has 0 spiro atoms. The van der Waals surface area contributed by atoms with Crippen molar-refractivity contribution in [3.05, 3.63) is 0 Å². The number of carbonyl (C=O) groups is 1. The third kappa shape index (κ3) is 4.82. The molecule has 0 saturated heterocycles. The van der Waals surface area contributed by atoms with E-state index in [0.717, 1.165) is 0 Å². The van der Waals surface area contributed by atoms with Crippen molar-refractivity contribution in [2.24, 2.45) is 0 Å². The Morgan fingerprint density at radius 1 is 1.60 bits per heavy atom. The zero-order chi connectivity index (χ0) is 8.36. The molecule has 0 amide bonds. The topological polar surface area (TPSA) is 37.3 Å². The second kappa shape index (κ2) is 4.18. The standard InChI is InChI=1S/C5H7Br3O2/c1-3(9)2-4(10)5(6,7)8/h4,10H,2H2,1H3. The highest BCUT2D eigenvalue weighted by Gasteiger charge is 2.29. The third-order valence-corrected chi connectivity index (χ3v) is 2.44. The van der Waals surface area contributed by atoms with Crippen molar-refractivity contribution in [3.63, 3.8) is 0 Å². The Morgan fingerprint density at radius 2 is 2.00 bits per heavy atom. The molecule has 0 fully saturated rings. The van der Waals surface area contributed by atoms with Crippen LogP contribution in [0.5, 0.6) is 0 Å². The smallest absolute Gasteiger partial charge is 0.161 e. The van der Waals surface area contributed by atoms with Crippen LogP contribution >= 0.6 is 47.8 Å². The predicted molar refractivity (Wildman–Crippen MR) is 50.8 cm³/mol. The van der Waals surface area contributed by atoms with E-state index in [1.165, 1.54) is 6.92 Å². The molecule has 0 aromatic carbocycles. The highest BCUT2D eigenvalue weighted by molar-refractivity contribution is 9.39. The second-order valence-corrected chi connectivity index (χ2v) is 8.91. The molecule has 2 nitrogen and oxygen atoms in total. The molecule has 0 heterocycles. The van der Waals surface area contributed by atoms with Gasteiger partial charge in [0.25, 0.3) is 0 Å². The average Bonchev–Trinajstić information content (AvgIpc) is 1.60. The number of aliphatic hydroxyl groups excluding tert-OH is 1. The van der Waals surface area contributed by atoms with Crippen LogP contribution in [0.3, 0.4) is 0 Å². The van der Waals surface area contributed by atoms with Gasteiger partial charge in [-0.25, -0.2) is 0 Å². The normalized spacial score (nSPS) is 14.9. The summed E-state index contributed by atoms with van der Waals surface area (Å²) in [6, 6.07) is 0.